The summed E-state index contributed by atoms with van der Waals surface area (Å²) in [5.74, 6) is -0.00922. The molecule has 0 bridgehead atoms. The van der Waals surface area contributed by atoms with E-state index in [4.69, 9.17) is 9.84 Å². The van der Waals surface area contributed by atoms with Gasteiger partial charge in [-0.2, -0.15) is 0 Å². The molecule has 1 fully saturated rings. The van der Waals surface area contributed by atoms with E-state index in [1.807, 2.05) is 0 Å². The van der Waals surface area contributed by atoms with E-state index in [1.54, 1.807) is 16.7 Å². The second kappa shape index (κ2) is 4.38. The molecule has 0 radical (unpaired) electrons. The number of carboxylic acid groups (broad SMARTS) is 1. The number of carboxylic acids is 1. The van der Waals surface area contributed by atoms with E-state index in [2.05, 4.69) is 10.2 Å². The van der Waals surface area contributed by atoms with Crippen LogP contribution < -0.4 is 0 Å². The van der Waals surface area contributed by atoms with Crippen molar-refractivity contribution in [1.29, 1.82) is 0 Å². The second-order valence-corrected chi connectivity index (χ2v) is 4.39. The highest BCUT2D eigenvalue weighted by Crippen LogP contribution is 2.25. The fourth-order valence-electron chi connectivity index (χ4n) is 2.32. The predicted octanol–water partition coefficient (Wildman–Crippen LogP) is 1.32. The molecule has 1 aliphatic heterocycles. The summed E-state index contributed by atoms with van der Waals surface area (Å²) in [6.07, 6.45) is 3.79. The van der Waals surface area contributed by atoms with Gasteiger partial charge in [0, 0.05) is 18.7 Å². The van der Waals surface area contributed by atoms with E-state index in [9.17, 15) is 4.79 Å². The van der Waals surface area contributed by atoms with Crippen molar-refractivity contribution in [3.63, 3.8) is 0 Å². The summed E-state index contributed by atoms with van der Waals surface area (Å²) in [5, 5.41) is 17.2. The van der Waals surface area contributed by atoms with Gasteiger partial charge in [-0.15, -0.1) is 10.2 Å². The average Bonchev–Trinajstić information content (AvgIpc) is 2.83. The lowest BCUT2D eigenvalue weighted by Gasteiger charge is -2.20. The fraction of sp³-hybridized carbons (Fsp3) is 0.417. The first-order valence-corrected chi connectivity index (χ1v) is 5.92. The highest BCUT2D eigenvalue weighted by molar-refractivity contribution is 5.94. The average molecular weight is 247 g/mol. The number of aromatic carboxylic acids is 1. The van der Waals surface area contributed by atoms with Crippen LogP contribution in [-0.2, 0) is 4.74 Å². The van der Waals surface area contributed by atoms with Crippen LogP contribution in [0.25, 0.3) is 5.65 Å². The molecular formula is C12H13N3O3. The Balaban J connectivity index is 2.08. The topological polar surface area (TPSA) is 76.7 Å². The number of nitrogens with zero attached hydrogens (tertiary/aromatic N) is 3. The molecule has 2 aromatic rings. The van der Waals surface area contributed by atoms with E-state index < -0.39 is 5.97 Å². The van der Waals surface area contributed by atoms with Gasteiger partial charge in [0.05, 0.1) is 6.61 Å². The van der Waals surface area contributed by atoms with Crippen LogP contribution in [0.15, 0.2) is 18.3 Å². The second-order valence-electron chi connectivity index (χ2n) is 4.39. The molecule has 2 aromatic heterocycles. The molecule has 18 heavy (non-hydrogen) atoms. The third-order valence-electron chi connectivity index (χ3n) is 3.22. The highest BCUT2D eigenvalue weighted by atomic mass is 16.5. The number of hydrogen-bond donors (Lipinski definition) is 1. The number of aromatic nitrogens is 3. The van der Waals surface area contributed by atoms with Crippen molar-refractivity contribution in [2.45, 2.75) is 18.8 Å². The molecule has 1 atom stereocenters. The number of rotatable bonds is 2. The van der Waals surface area contributed by atoms with Gasteiger partial charge < -0.3 is 9.84 Å². The molecule has 1 N–H and O–H groups in total. The van der Waals surface area contributed by atoms with Gasteiger partial charge in [0.2, 0.25) is 0 Å². The summed E-state index contributed by atoms with van der Waals surface area (Å²) >= 11 is 0. The highest BCUT2D eigenvalue weighted by Gasteiger charge is 2.22. The number of pyridine rings is 1. The number of ether oxygens (including phenoxy) is 1. The fourth-order valence-corrected chi connectivity index (χ4v) is 2.32. The minimum atomic E-state index is -0.987. The van der Waals surface area contributed by atoms with Crippen molar-refractivity contribution < 1.29 is 14.6 Å². The van der Waals surface area contributed by atoms with Crippen molar-refractivity contribution in [2.24, 2.45) is 0 Å². The van der Waals surface area contributed by atoms with Crippen LogP contribution in [0.1, 0.15) is 34.9 Å². The molecule has 94 valence electrons. The van der Waals surface area contributed by atoms with Gasteiger partial charge in [-0.3, -0.25) is 4.40 Å². The Morgan fingerprint density at radius 2 is 2.39 bits per heavy atom. The van der Waals surface area contributed by atoms with E-state index >= 15 is 0 Å². The predicted molar refractivity (Wildman–Crippen MR) is 62.7 cm³/mol. The molecule has 6 heteroatoms. The van der Waals surface area contributed by atoms with Gasteiger partial charge in [-0.25, -0.2) is 4.79 Å². The Kier molecular flexibility index (Phi) is 2.71. The summed E-state index contributed by atoms with van der Waals surface area (Å²) < 4.78 is 7.19. The van der Waals surface area contributed by atoms with Gasteiger partial charge in [0.1, 0.15) is 11.4 Å². The SMILES string of the molecule is O=C(O)c1cccn2c(C3CCCOC3)nnc12. The van der Waals surface area contributed by atoms with Gasteiger partial charge in [0.25, 0.3) is 0 Å². The molecular weight excluding hydrogens is 234 g/mol. The smallest absolute Gasteiger partial charge is 0.339 e. The zero-order valence-electron chi connectivity index (χ0n) is 9.74. The van der Waals surface area contributed by atoms with E-state index in [1.165, 1.54) is 6.07 Å². The first kappa shape index (κ1) is 11.2. The molecule has 0 saturated carbocycles. The molecule has 0 aliphatic carbocycles. The first-order chi connectivity index (χ1) is 8.77. The lowest BCUT2D eigenvalue weighted by atomic mass is 10.0. The summed E-state index contributed by atoms with van der Waals surface area (Å²) in [7, 11) is 0. The normalized spacial score (nSPS) is 20.1. The maximum absolute atomic E-state index is 11.1. The van der Waals surface area contributed by atoms with Gasteiger partial charge in [-0.1, -0.05) is 0 Å². The standard InChI is InChI=1S/C12H13N3O3/c16-12(17)9-4-1-5-15-10(13-14-11(9)15)8-3-2-6-18-7-8/h1,4-5,8H,2-3,6-7H2,(H,16,17). The summed E-state index contributed by atoms with van der Waals surface area (Å²) in [4.78, 5) is 11.1. The molecule has 3 heterocycles. The third-order valence-corrected chi connectivity index (χ3v) is 3.22. The molecule has 6 nitrogen and oxygen atoms in total. The molecule has 3 rings (SSSR count). The van der Waals surface area contributed by atoms with Gasteiger partial charge in [-0.05, 0) is 25.0 Å². The number of carbonyl (C=O) groups is 1. The maximum atomic E-state index is 11.1. The van der Waals surface area contributed by atoms with E-state index in [0.29, 0.717) is 12.3 Å². The minimum absolute atomic E-state index is 0.174. The van der Waals surface area contributed by atoms with Crippen molar-refractivity contribution in [3.8, 4) is 0 Å². The van der Waals surface area contributed by atoms with Crippen LogP contribution in [-0.4, -0.2) is 38.9 Å². The Morgan fingerprint density at radius 1 is 1.50 bits per heavy atom. The molecule has 0 spiro atoms. The van der Waals surface area contributed by atoms with Crippen molar-refractivity contribution >= 4 is 11.6 Å². The van der Waals surface area contributed by atoms with Gasteiger partial charge >= 0.3 is 5.97 Å². The summed E-state index contributed by atoms with van der Waals surface area (Å²) in [5.41, 5.74) is 0.568. The van der Waals surface area contributed by atoms with E-state index in [-0.39, 0.29) is 11.5 Å². The maximum Gasteiger partial charge on any atom is 0.339 e. The number of fused-ring (bicyclic) bond motifs is 1. The van der Waals surface area contributed by atoms with Gasteiger partial charge in [0.15, 0.2) is 5.65 Å². The first-order valence-electron chi connectivity index (χ1n) is 5.92. The molecule has 0 aromatic carbocycles. The summed E-state index contributed by atoms with van der Waals surface area (Å²) in [6, 6.07) is 3.24. The van der Waals surface area contributed by atoms with Crippen LogP contribution in [0, 0.1) is 0 Å². The minimum Gasteiger partial charge on any atom is -0.478 e. The summed E-state index contributed by atoms with van der Waals surface area (Å²) in [6.45, 7) is 1.41. The largest absolute Gasteiger partial charge is 0.478 e. The van der Waals surface area contributed by atoms with E-state index in [0.717, 1.165) is 25.3 Å². The zero-order valence-corrected chi connectivity index (χ0v) is 9.74. The molecule has 1 saturated heterocycles. The molecule has 1 aliphatic rings. The van der Waals surface area contributed by atoms with Crippen LogP contribution in [0.4, 0.5) is 0 Å². The number of hydrogen-bond acceptors (Lipinski definition) is 4. The quantitative estimate of drug-likeness (QED) is 0.866. The van der Waals surface area contributed by atoms with Crippen LogP contribution >= 0.6 is 0 Å². The van der Waals surface area contributed by atoms with Crippen LogP contribution in [0.2, 0.25) is 0 Å². The third kappa shape index (κ3) is 1.74. The van der Waals surface area contributed by atoms with Crippen molar-refractivity contribution in [2.75, 3.05) is 13.2 Å². The Hall–Kier alpha value is -1.95. The molecule has 0 amide bonds. The Labute approximate surface area is 103 Å². The monoisotopic (exact) mass is 247 g/mol. The lowest BCUT2D eigenvalue weighted by Crippen LogP contribution is -2.18. The Morgan fingerprint density at radius 3 is 3.11 bits per heavy atom. The Bertz CT molecular complexity index is 587. The van der Waals surface area contributed by atoms with Crippen molar-refractivity contribution in [3.05, 3.63) is 29.7 Å². The van der Waals surface area contributed by atoms with Crippen molar-refractivity contribution in [1.82, 2.24) is 14.6 Å². The van der Waals surface area contributed by atoms with Crippen LogP contribution in [0.3, 0.4) is 0 Å². The zero-order chi connectivity index (χ0) is 12.5. The molecule has 1 unspecified atom stereocenters. The van der Waals surface area contributed by atoms with Crippen LogP contribution in [0.5, 0.6) is 0 Å². The lowest BCUT2D eigenvalue weighted by molar-refractivity contribution is 0.0698.